The van der Waals surface area contributed by atoms with Crippen LogP contribution in [-0.2, 0) is 6.54 Å². The Hall–Kier alpha value is -2.47. The molecule has 1 atom stereocenters. The fourth-order valence-corrected chi connectivity index (χ4v) is 3.42. The first kappa shape index (κ1) is 13.2. The van der Waals surface area contributed by atoms with Crippen LogP contribution < -0.4 is 4.90 Å². The molecule has 0 saturated carbocycles. The van der Waals surface area contributed by atoms with Crippen molar-refractivity contribution in [2.45, 2.75) is 19.5 Å². The second-order valence-corrected chi connectivity index (χ2v) is 6.08. The summed E-state index contributed by atoms with van der Waals surface area (Å²) in [5.74, 6) is 0.792. The van der Waals surface area contributed by atoms with E-state index in [9.17, 15) is 0 Å². The first-order valence-corrected chi connectivity index (χ1v) is 8.07. The van der Waals surface area contributed by atoms with Crippen LogP contribution in [-0.4, -0.2) is 20.2 Å². The quantitative estimate of drug-likeness (QED) is 0.745. The molecule has 0 saturated heterocycles. The average molecular weight is 309 g/mol. The lowest BCUT2D eigenvalue weighted by Gasteiger charge is -2.30. The molecule has 3 aromatic rings. The second-order valence-electron chi connectivity index (χ2n) is 5.30. The van der Waals surface area contributed by atoms with E-state index in [1.165, 1.54) is 16.8 Å². The molecule has 6 heteroatoms. The van der Waals surface area contributed by atoms with Gasteiger partial charge in [-0.15, -0.1) is 0 Å². The van der Waals surface area contributed by atoms with E-state index < -0.39 is 0 Å². The summed E-state index contributed by atoms with van der Waals surface area (Å²) < 4.78 is 1.89. The molecule has 1 unspecified atom stereocenters. The average Bonchev–Trinajstić information content (AvgIpc) is 3.22. The number of tetrazole rings is 1. The maximum absolute atomic E-state index is 4.24. The lowest BCUT2D eigenvalue weighted by Crippen LogP contribution is -2.30. The molecule has 1 aromatic carbocycles. The Morgan fingerprint density at radius 3 is 2.82 bits per heavy atom. The number of fused-ring (bicyclic) bond motifs is 1. The van der Waals surface area contributed by atoms with Crippen molar-refractivity contribution >= 4 is 17.3 Å². The van der Waals surface area contributed by atoms with E-state index in [2.05, 4.69) is 74.5 Å². The number of nitrogens with zero attached hydrogens (tertiary/aromatic N) is 5. The largest absolute Gasteiger partial charge is 0.309 e. The zero-order valence-electron chi connectivity index (χ0n) is 12.1. The number of hydrogen-bond donors (Lipinski definition) is 0. The summed E-state index contributed by atoms with van der Waals surface area (Å²) in [6.07, 6.45) is 2.22. The predicted octanol–water partition coefficient (Wildman–Crippen LogP) is 3.25. The third-order valence-corrected chi connectivity index (χ3v) is 4.57. The summed E-state index contributed by atoms with van der Waals surface area (Å²) >= 11 is 1.69. The van der Waals surface area contributed by atoms with Crippen LogP contribution in [0.25, 0.3) is 0 Å². The van der Waals surface area contributed by atoms with E-state index in [4.69, 9.17) is 0 Å². The summed E-state index contributed by atoms with van der Waals surface area (Å²) in [7, 11) is 0. The SMILES string of the molecule is CC1=CC(c2ccsc2)n2nnnc2N1Cc1ccccc1. The van der Waals surface area contributed by atoms with Gasteiger partial charge in [0.1, 0.15) is 6.04 Å². The summed E-state index contributed by atoms with van der Waals surface area (Å²) in [5, 5.41) is 16.5. The molecule has 110 valence electrons. The Bertz CT molecular complexity index is 791. The Labute approximate surface area is 132 Å². The van der Waals surface area contributed by atoms with Gasteiger partial charge in [0, 0.05) is 5.70 Å². The van der Waals surface area contributed by atoms with Gasteiger partial charge in [0.2, 0.25) is 0 Å². The Morgan fingerprint density at radius 2 is 2.05 bits per heavy atom. The second kappa shape index (κ2) is 5.38. The van der Waals surface area contributed by atoms with Crippen LogP contribution in [0.1, 0.15) is 24.1 Å². The summed E-state index contributed by atoms with van der Waals surface area (Å²) in [6.45, 7) is 2.88. The van der Waals surface area contributed by atoms with Gasteiger partial charge in [-0.3, -0.25) is 0 Å². The van der Waals surface area contributed by atoms with Crippen molar-refractivity contribution < 1.29 is 0 Å². The molecule has 4 rings (SSSR count). The van der Waals surface area contributed by atoms with Crippen molar-refractivity contribution in [2.75, 3.05) is 4.90 Å². The summed E-state index contributed by atoms with van der Waals surface area (Å²) in [6, 6.07) is 12.6. The highest BCUT2D eigenvalue weighted by molar-refractivity contribution is 7.08. The van der Waals surface area contributed by atoms with Gasteiger partial charge < -0.3 is 4.90 Å². The molecular formula is C16H15N5S. The molecule has 5 nitrogen and oxygen atoms in total. The molecule has 3 heterocycles. The van der Waals surface area contributed by atoms with Gasteiger partial charge >= 0.3 is 0 Å². The predicted molar refractivity (Wildman–Crippen MR) is 86.7 cm³/mol. The van der Waals surface area contributed by atoms with Crippen molar-refractivity contribution in [2.24, 2.45) is 0 Å². The molecule has 2 aromatic heterocycles. The number of rotatable bonds is 3. The van der Waals surface area contributed by atoms with Crippen molar-refractivity contribution in [3.63, 3.8) is 0 Å². The Balaban J connectivity index is 1.72. The molecule has 0 bridgehead atoms. The minimum atomic E-state index is 0.0725. The number of benzene rings is 1. The number of thiophene rings is 1. The lowest BCUT2D eigenvalue weighted by atomic mass is 10.1. The number of hydrogen-bond acceptors (Lipinski definition) is 5. The van der Waals surface area contributed by atoms with E-state index in [1.54, 1.807) is 11.3 Å². The highest BCUT2D eigenvalue weighted by Crippen LogP contribution is 2.33. The molecule has 0 amide bonds. The van der Waals surface area contributed by atoms with Crippen LogP contribution in [0.15, 0.2) is 58.9 Å². The number of aromatic nitrogens is 4. The zero-order chi connectivity index (χ0) is 14.9. The van der Waals surface area contributed by atoms with Crippen molar-refractivity contribution in [1.82, 2.24) is 20.2 Å². The first-order valence-electron chi connectivity index (χ1n) is 7.13. The molecule has 0 fully saturated rings. The topological polar surface area (TPSA) is 46.8 Å². The van der Waals surface area contributed by atoms with Crippen LogP contribution in [0, 0.1) is 0 Å². The van der Waals surface area contributed by atoms with E-state index in [-0.39, 0.29) is 6.04 Å². The van der Waals surface area contributed by atoms with E-state index >= 15 is 0 Å². The van der Waals surface area contributed by atoms with Gasteiger partial charge in [0.25, 0.3) is 5.95 Å². The molecule has 22 heavy (non-hydrogen) atoms. The van der Waals surface area contributed by atoms with Crippen molar-refractivity contribution in [3.8, 4) is 0 Å². The minimum absolute atomic E-state index is 0.0725. The van der Waals surface area contributed by atoms with Gasteiger partial charge in [0.05, 0.1) is 6.54 Å². The smallest absolute Gasteiger partial charge is 0.250 e. The molecule has 0 aliphatic carbocycles. The molecule has 0 radical (unpaired) electrons. The normalized spacial score (nSPS) is 17.2. The molecule has 1 aliphatic rings. The molecule has 1 aliphatic heterocycles. The maximum Gasteiger partial charge on any atom is 0.250 e. The third kappa shape index (κ3) is 2.21. The monoisotopic (exact) mass is 309 g/mol. The van der Waals surface area contributed by atoms with Gasteiger partial charge in [-0.2, -0.15) is 16.0 Å². The lowest BCUT2D eigenvalue weighted by molar-refractivity contribution is 0.560. The molecule has 0 N–H and O–H groups in total. The van der Waals surface area contributed by atoms with Gasteiger partial charge in [0.15, 0.2) is 0 Å². The highest BCUT2D eigenvalue weighted by Gasteiger charge is 2.28. The maximum atomic E-state index is 4.24. The van der Waals surface area contributed by atoms with E-state index in [0.717, 1.165) is 12.5 Å². The Morgan fingerprint density at radius 1 is 1.18 bits per heavy atom. The highest BCUT2D eigenvalue weighted by atomic mass is 32.1. The fraction of sp³-hybridized carbons (Fsp3) is 0.188. The van der Waals surface area contributed by atoms with Crippen molar-refractivity contribution in [1.29, 1.82) is 0 Å². The number of anilines is 1. The third-order valence-electron chi connectivity index (χ3n) is 3.87. The van der Waals surface area contributed by atoms with Crippen LogP contribution in [0.5, 0.6) is 0 Å². The minimum Gasteiger partial charge on any atom is -0.309 e. The Kier molecular flexibility index (Phi) is 3.23. The van der Waals surface area contributed by atoms with Gasteiger partial charge in [-0.25, -0.2) is 0 Å². The standard InChI is InChI=1S/C16H15N5S/c1-12-9-15(14-7-8-22-11-14)21-16(17-18-19-21)20(12)10-13-5-3-2-4-6-13/h2-9,11,15H,10H2,1H3. The molecule has 0 spiro atoms. The summed E-state index contributed by atoms with van der Waals surface area (Å²) in [4.78, 5) is 2.15. The van der Waals surface area contributed by atoms with Crippen LogP contribution in [0.4, 0.5) is 5.95 Å². The zero-order valence-corrected chi connectivity index (χ0v) is 12.9. The van der Waals surface area contributed by atoms with Crippen LogP contribution in [0.3, 0.4) is 0 Å². The van der Waals surface area contributed by atoms with E-state index in [1.807, 2.05) is 10.7 Å². The van der Waals surface area contributed by atoms with Crippen LogP contribution >= 0.6 is 11.3 Å². The number of allylic oxidation sites excluding steroid dienone is 2. The molecular weight excluding hydrogens is 294 g/mol. The fourth-order valence-electron chi connectivity index (χ4n) is 2.74. The van der Waals surface area contributed by atoms with Gasteiger partial charge in [-0.1, -0.05) is 35.4 Å². The van der Waals surface area contributed by atoms with Gasteiger partial charge in [-0.05, 0) is 51.4 Å². The summed E-state index contributed by atoms with van der Waals surface area (Å²) in [5.41, 5.74) is 3.62. The van der Waals surface area contributed by atoms with Crippen LogP contribution in [0.2, 0.25) is 0 Å². The van der Waals surface area contributed by atoms with E-state index in [0.29, 0.717) is 0 Å². The van der Waals surface area contributed by atoms with Crippen molar-refractivity contribution in [3.05, 3.63) is 70.1 Å². The first-order chi connectivity index (χ1) is 10.8.